The smallest absolute Gasteiger partial charge is 0.327 e. The summed E-state index contributed by atoms with van der Waals surface area (Å²) in [5.74, 6) is -22.8. The van der Waals surface area contributed by atoms with Gasteiger partial charge in [0.15, 0.2) is 0 Å². The molecule has 6 unspecified atom stereocenters. The number of esters is 15. The minimum Gasteiger partial charge on any atom is -0.478 e. The van der Waals surface area contributed by atoms with Crippen LogP contribution in [0.25, 0.3) is 0 Å². The van der Waals surface area contributed by atoms with Crippen molar-refractivity contribution in [1.29, 1.82) is 0 Å². The number of aliphatic carboxylic acids is 1. The Kier molecular flexibility index (Phi) is 51.5. The average molecular weight is 1950 g/mol. The summed E-state index contributed by atoms with van der Waals surface area (Å²) in [7, 11) is 0. The van der Waals surface area contributed by atoms with Gasteiger partial charge in [-0.05, 0) is 110 Å². The van der Waals surface area contributed by atoms with Crippen molar-refractivity contribution in [3.8, 4) is 0 Å². The summed E-state index contributed by atoms with van der Waals surface area (Å²) in [5, 5.41) is 189. The van der Waals surface area contributed by atoms with Crippen molar-refractivity contribution in [2.45, 2.75) is 117 Å². The maximum atomic E-state index is 15.3. The van der Waals surface area contributed by atoms with Crippen LogP contribution in [0.3, 0.4) is 0 Å². The molecule has 0 aliphatic heterocycles. The molecule has 6 atom stereocenters. The van der Waals surface area contributed by atoms with Crippen molar-refractivity contribution < 1.29 is 245 Å². The maximum Gasteiger partial charge on any atom is 0.327 e. The summed E-state index contributed by atoms with van der Waals surface area (Å²) in [6.45, 7) is -18.5. The molecule has 0 spiro atoms. The Morgan fingerprint density at radius 1 is 0.179 bits per heavy atom. The van der Waals surface area contributed by atoms with Gasteiger partial charge >= 0.3 is 95.5 Å². The van der Waals surface area contributed by atoms with E-state index in [0.29, 0.717) is 0 Å². The Balaban J connectivity index is 0. The van der Waals surface area contributed by atoms with E-state index in [4.69, 9.17) is 76.2 Å². The first kappa shape index (κ1) is 127. The number of aliphatic hydroxyl groups excluding tert-OH is 18. The fourth-order valence-electron chi connectivity index (χ4n) is 8.97. The fraction of sp³-hybridized carbons (Fsp3) is 0.786. The van der Waals surface area contributed by atoms with Gasteiger partial charge < -0.3 is 168 Å². The summed E-state index contributed by atoms with van der Waals surface area (Å²) in [5.41, 5.74) is -36.1. The van der Waals surface area contributed by atoms with E-state index in [1.165, 1.54) is 6.92 Å². The largest absolute Gasteiger partial charge is 0.478 e. The van der Waals surface area contributed by atoms with Crippen molar-refractivity contribution in [3.63, 3.8) is 0 Å². The number of carbonyl (C=O) groups is 16. The lowest BCUT2D eigenvalue weighted by molar-refractivity contribution is -0.186. The van der Waals surface area contributed by atoms with Crippen LogP contribution in [0.1, 0.15) is 117 Å². The summed E-state index contributed by atoms with van der Waals surface area (Å²) in [4.78, 5) is 219. The molecule has 0 heterocycles. The Morgan fingerprint density at radius 2 is 0.261 bits per heavy atom. The van der Waals surface area contributed by atoms with Gasteiger partial charge in [0.1, 0.15) is 180 Å². The summed E-state index contributed by atoms with van der Waals surface area (Å²) < 4.78 is 82.1. The van der Waals surface area contributed by atoms with Crippen LogP contribution >= 0.6 is 0 Å². The lowest BCUT2D eigenvalue weighted by Crippen LogP contribution is -2.49. The Hall–Kier alpha value is -9.46. The highest BCUT2D eigenvalue weighted by Gasteiger charge is 2.53. The summed E-state index contributed by atoms with van der Waals surface area (Å²) >= 11 is 0. The van der Waals surface area contributed by atoms with Crippen molar-refractivity contribution >= 4 is 95.5 Å². The third-order valence-corrected chi connectivity index (χ3v) is 22.4. The van der Waals surface area contributed by atoms with E-state index in [2.05, 4.69) is 6.58 Å². The van der Waals surface area contributed by atoms with Gasteiger partial charge in [-0.2, -0.15) is 0 Å². The van der Waals surface area contributed by atoms with Crippen molar-refractivity contribution in [1.82, 2.24) is 0 Å². The molecule has 0 saturated heterocycles. The molecule has 134 heavy (non-hydrogen) atoms. The lowest BCUT2D eigenvalue weighted by atomic mass is 9.86. The number of aliphatic hydroxyl groups is 18. The van der Waals surface area contributed by atoms with Crippen LogP contribution in [-0.2, 0) is 148 Å². The first-order valence-electron chi connectivity index (χ1n) is 41.2. The number of carboxylic acids is 1. The lowest BCUT2D eigenvalue weighted by Gasteiger charge is -2.37. The zero-order valence-electron chi connectivity index (χ0n) is 78.5. The summed E-state index contributed by atoms with van der Waals surface area (Å²) in [6.07, 6.45) is 0.206. The third kappa shape index (κ3) is 34.4. The second-order valence-corrected chi connectivity index (χ2v) is 37.3. The highest BCUT2D eigenvalue weighted by atomic mass is 16.6. The van der Waals surface area contributed by atoms with E-state index in [-0.39, 0.29) is 0 Å². The van der Waals surface area contributed by atoms with Gasteiger partial charge in [-0.15, -0.1) is 0 Å². The second-order valence-electron chi connectivity index (χ2n) is 37.3. The van der Waals surface area contributed by atoms with Gasteiger partial charge in [0.25, 0.3) is 0 Å². The molecule has 19 N–H and O–H groups in total. The molecule has 0 aromatic rings. The van der Waals surface area contributed by atoms with E-state index < -0.39 is 407 Å². The zero-order valence-corrected chi connectivity index (χ0v) is 78.5. The van der Waals surface area contributed by atoms with E-state index in [0.717, 1.165) is 110 Å². The van der Waals surface area contributed by atoms with Crippen LogP contribution in [0.5, 0.6) is 0 Å². The highest BCUT2D eigenvalue weighted by molar-refractivity contribution is 5.87. The molecule has 0 aliphatic carbocycles. The summed E-state index contributed by atoms with van der Waals surface area (Å²) in [6, 6.07) is 0. The van der Waals surface area contributed by atoms with E-state index in [1.807, 2.05) is 0 Å². The van der Waals surface area contributed by atoms with Crippen LogP contribution in [0.4, 0.5) is 0 Å². The topological polar surface area (TPSA) is 796 Å². The minimum atomic E-state index is -2.66. The molecule has 0 aromatic carbocycles. The van der Waals surface area contributed by atoms with Gasteiger partial charge in [0.05, 0.1) is 124 Å². The average Bonchev–Trinajstić information content (AvgIpc) is 0.801. The Morgan fingerprint density at radius 3 is 0.351 bits per heavy atom. The molecule has 0 rings (SSSR count). The van der Waals surface area contributed by atoms with Gasteiger partial charge in [-0.25, -0.2) is 4.79 Å². The molecule has 0 bridgehead atoms. The van der Waals surface area contributed by atoms with Crippen LogP contribution in [0, 0.1) is 86.6 Å². The predicted molar refractivity (Wildman–Crippen MR) is 444 cm³/mol. The standard InChI is InChI=1S/C81H134O48.C3H4O2/c1-17-81(48-127-63(112)78(14,42-121-57(106)72(8,30-94)36-115-51(100)66(2,18-82)19-83)43-122-58(107)73(9,31-95)37-116-52(101)67(3,20-84)21-85,49-128-64(113)79(15,44-123-59(108)74(10,32-96)38-117-53(102)68(4,22-86)23-87)45-124-60(109)75(11,33-97)39-118-54(103)69(5,24-88)25-89)50-129-65(114)80(16,46-125-61(110)76(12,34-98)40-119-55(104)70(6,26-90)27-91)47-126-62(111)77(13,35-99)41-120-56(105)71(7,28-92)29-93;1-2-3(4)5/h82-99H,17-50H2,1-16H3;2H,1H2,(H,4,5). The third-order valence-electron chi connectivity index (χ3n) is 22.4. The Labute approximate surface area is 772 Å². The normalized spacial score (nSPS) is 16.5. The molecule has 0 fully saturated rings. The second kappa shape index (κ2) is 54.5. The molecule has 774 valence electrons. The molecular weight excluding hydrogens is 1810 g/mol. The van der Waals surface area contributed by atoms with Crippen molar-refractivity contribution in [2.75, 3.05) is 218 Å². The number of carbonyl (C=O) groups excluding carboxylic acids is 15. The van der Waals surface area contributed by atoms with Gasteiger partial charge in [0.2, 0.25) is 0 Å². The number of hydrogen-bond donors (Lipinski definition) is 19. The molecule has 0 saturated carbocycles. The molecule has 0 aromatic heterocycles. The number of rotatable bonds is 65. The molecule has 0 amide bonds. The van der Waals surface area contributed by atoms with Crippen LogP contribution in [0.2, 0.25) is 0 Å². The van der Waals surface area contributed by atoms with Crippen LogP contribution < -0.4 is 0 Å². The number of carboxylic acid groups (broad SMARTS) is 1. The van der Waals surface area contributed by atoms with Gasteiger partial charge in [-0.3, -0.25) is 71.9 Å². The van der Waals surface area contributed by atoms with Gasteiger partial charge in [0, 0.05) is 6.08 Å². The highest BCUT2D eigenvalue weighted by Crippen LogP contribution is 2.37. The molecule has 50 heteroatoms. The zero-order chi connectivity index (χ0) is 105. The van der Waals surface area contributed by atoms with E-state index in [9.17, 15) is 154 Å². The Bertz CT molecular complexity index is 3330. The molecular formula is C84H138O50. The van der Waals surface area contributed by atoms with Crippen LogP contribution in [-0.4, -0.2) is 411 Å². The van der Waals surface area contributed by atoms with Crippen LogP contribution in [0.15, 0.2) is 12.7 Å². The van der Waals surface area contributed by atoms with E-state index in [1.54, 1.807) is 0 Å². The van der Waals surface area contributed by atoms with Crippen molar-refractivity contribution in [3.05, 3.63) is 12.7 Å². The maximum absolute atomic E-state index is 15.3. The van der Waals surface area contributed by atoms with Gasteiger partial charge in [-0.1, -0.05) is 13.5 Å². The molecule has 0 aliphatic rings. The monoisotopic (exact) mass is 1950 g/mol. The predicted octanol–water partition coefficient (Wildman–Crippen LogP) is -7.26. The molecule has 50 nitrogen and oxygen atoms in total. The SMILES string of the molecule is C=CC(=O)O.CCC(COC(=O)C(C)(COC(=O)C(C)(CO)COC(=O)C(C)(CO)CO)COC(=O)C(C)(CO)COC(=O)C(C)(CO)CO)(COC(=O)C(C)(COC(=O)C(C)(CO)COC(=O)C(C)(CO)CO)COC(=O)C(C)(CO)COC(=O)C(C)(CO)CO)COC(=O)C(C)(COC(=O)C(C)(CO)COC(=O)C(C)(CO)CO)COC(=O)C(C)(CO)COC(=O)C(C)(CO)CO. The number of ether oxygens (including phenoxy) is 15. The van der Waals surface area contributed by atoms with E-state index >= 15 is 14.4 Å². The quantitative estimate of drug-likeness (QED) is 0.0153. The minimum absolute atomic E-state index is 0.627. The first-order valence-corrected chi connectivity index (χ1v) is 41.2. The fourth-order valence-corrected chi connectivity index (χ4v) is 8.97. The number of hydrogen-bond acceptors (Lipinski definition) is 49. The molecule has 0 radical (unpaired) electrons. The first-order chi connectivity index (χ1) is 61.8. The van der Waals surface area contributed by atoms with Crippen molar-refractivity contribution in [2.24, 2.45) is 86.6 Å².